The predicted octanol–water partition coefficient (Wildman–Crippen LogP) is 3.86. The molecule has 0 radical (unpaired) electrons. The van der Waals surface area contributed by atoms with E-state index in [2.05, 4.69) is 35.8 Å². The van der Waals surface area contributed by atoms with Crippen molar-refractivity contribution in [3.63, 3.8) is 0 Å². The zero-order valence-electron chi connectivity index (χ0n) is 18.5. The number of carbonyl (C=O) groups is 2. The molecule has 8 heteroatoms. The third-order valence-corrected chi connectivity index (χ3v) is 6.33. The van der Waals surface area contributed by atoms with Crippen molar-refractivity contribution in [3.8, 4) is 11.1 Å². The fraction of sp³-hybridized carbons (Fsp3) is 0.375. The molecule has 0 fully saturated rings. The number of fused-ring (bicyclic) bond motifs is 3. The molecule has 0 aliphatic heterocycles. The van der Waals surface area contributed by atoms with E-state index in [0.29, 0.717) is 18.8 Å². The van der Waals surface area contributed by atoms with Crippen molar-refractivity contribution in [1.29, 1.82) is 0 Å². The van der Waals surface area contributed by atoms with Crippen LogP contribution >= 0.6 is 7.92 Å². The van der Waals surface area contributed by atoms with Gasteiger partial charge in [0.25, 0.3) is 0 Å². The third-order valence-electron chi connectivity index (χ3n) is 5.38. The Morgan fingerprint density at radius 3 is 2.28 bits per heavy atom. The molecule has 170 valence electrons. The predicted molar refractivity (Wildman–Crippen MR) is 129 cm³/mol. The summed E-state index contributed by atoms with van der Waals surface area (Å²) in [7, 11) is -0.159. The molecule has 0 unspecified atom stereocenters. The first-order valence-electron chi connectivity index (χ1n) is 10.6. The molecule has 2 aromatic rings. The number of carboxylic acid groups (broad SMARTS) is 1. The molecule has 4 N–H and O–H groups in total. The van der Waals surface area contributed by atoms with Crippen molar-refractivity contribution in [2.45, 2.75) is 24.8 Å². The first kappa shape index (κ1) is 23.7. The van der Waals surface area contributed by atoms with E-state index in [0.717, 1.165) is 28.4 Å². The Morgan fingerprint density at radius 1 is 1.12 bits per heavy atom. The normalized spacial score (nSPS) is 14.0. The number of hydrogen-bond donors (Lipinski definition) is 3. The average molecular weight is 455 g/mol. The quantitative estimate of drug-likeness (QED) is 0.218. The van der Waals surface area contributed by atoms with E-state index in [9.17, 15) is 14.7 Å². The zero-order chi connectivity index (χ0) is 23.1. The minimum Gasteiger partial charge on any atom is -0.480 e. The van der Waals surface area contributed by atoms with Gasteiger partial charge in [-0.1, -0.05) is 48.5 Å². The number of benzene rings is 2. The summed E-state index contributed by atoms with van der Waals surface area (Å²) in [6.45, 7) is 4.82. The lowest BCUT2D eigenvalue weighted by Crippen LogP contribution is -2.41. The van der Waals surface area contributed by atoms with Crippen LogP contribution in [0.1, 0.15) is 29.9 Å². The van der Waals surface area contributed by atoms with Crippen molar-refractivity contribution in [2.24, 2.45) is 10.7 Å². The van der Waals surface area contributed by atoms with Gasteiger partial charge in [0.05, 0.1) is 5.84 Å². The summed E-state index contributed by atoms with van der Waals surface area (Å²) in [4.78, 5) is 28.2. The topological polar surface area (TPSA) is 114 Å². The number of nitrogens with one attached hydrogen (secondary N) is 1. The molecule has 1 aliphatic carbocycles. The van der Waals surface area contributed by atoms with Gasteiger partial charge in [0.1, 0.15) is 12.6 Å². The zero-order valence-corrected chi connectivity index (χ0v) is 19.3. The number of ether oxygens (including phenoxy) is 1. The number of rotatable bonds is 10. The van der Waals surface area contributed by atoms with Gasteiger partial charge in [-0.3, -0.25) is 4.99 Å². The maximum atomic E-state index is 12.4. The fourth-order valence-electron chi connectivity index (χ4n) is 3.93. The minimum absolute atomic E-state index is 0.0728. The first-order valence-corrected chi connectivity index (χ1v) is 13.1. The molecule has 0 saturated carbocycles. The van der Waals surface area contributed by atoms with E-state index in [4.69, 9.17) is 10.5 Å². The van der Waals surface area contributed by atoms with Crippen molar-refractivity contribution in [2.75, 3.05) is 32.6 Å². The van der Waals surface area contributed by atoms with Crippen molar-refractivity contribution < 1.29 is 19.4 Å². The molecule has 0 bridgehead atoms. The Hall–Kier alpha value is -2.92. The summed E-state index contributed by atoms with van der Waals surface area (Å²) in [5.74, 6) is -0.574. The maximum absolute atomic E-state index is 12.4. The van der Waals surface area contributed by atoms with Crippen LogP contribution in [0.15, 0.2) is 53.5 Å². The molecule has 0 saturated heterocycles. The van der Waals surface area contributed by atoms with Gasteiger partial charge in [0.15, 0.2) is 0 Å². The van der Waals surface area contributed by atoms with Crippen molar-refractivity contribution in [1.82, 2.24) is 5.32 Å². The minimum atomic E-state index is -1.10. The van der Waals surface area contributed by atoms with Gasteiger partial charge in [-0.15, -0.1) is 7.92 Å². The van der Waals surface area contributed by atoms with E-state index in [1.807, 2.05) is 36.4 Å². The number of carboxylic acids is 1. The number of amidine groups is 1. The molecular weight excluding hydrogens is 425 g/mol. The molecule has 7 nitrogen and oxygen atoms in total. The SMILES string of the molecule is CP(C)CC(N)=NCCC[C@@H](NC(=O)OCC1c2ccccc2-c2ccccc21)C(=O)O. The first-order chi connectivity index (χ1) is 15.4. The number of carbonyl (C=O) groups excluding carboxylic acids is 1. The highest BCUT2D eigenvalue weighted by atomic mass is 31.1. The Kier molecular flexibility index (Phi) is 8.23. The number of amides is 1. The van der Waals surface area contributed by atoms with Gasteiger partial charge in [-0.05, 0) is 48.4 Å². The van der Waals surface area contributed by atoms with Gasteiger partial charge < -0.3 is 20.9 Å². The maximum Gasteiger partial charge on any atom is 0.407 e. The molecule has 0 heterocycles. The van der Waals surface area contributed by atoms with Crippen LogP contribution in [0, 0.1) is 0 Å². The fourth-order valence-corrected chi connectivity index (χ4v) is 4.68. The largest absolute Gasteiger partial charge is 0.480 e. The van der Waals surface area contributed by atoms with Crippen LogP contribution in [-0.4, -0.2) is 61.7 Å². The van der Waals surface area contributed by atoms with E-state index < -0.39 is 18.1 Å². The van der Waals surface area contributed by atoms with E-state index in [1.54, 1.807) is 0 Å². The number of aliphatic carboxylic acids is 1. The summed E-state index contributed by atoms with van der Waals surface area (Å²) in [6, 6.07) is 15.1. The van der Waals surface area contributed by atoms with Crippen molar-refractivity contribution in [3.05, 3.63) is 59.7 Å². The third kappa shape index (κ3) is 6.07. The number of nitrogens with zero attached hydrogens (tertiary/aromatic N) is 1. The average Bonchev–Trinajstić information content (AvgIpc) is 3.07. The number of nitrogens with two attached hydrogens (primary N) is 1. The standard InChI is InChI=1S/C24H30N3O4P/c1-32(2)15-22(25)26-13-7-12-21(23(28)29)27-24(30)31-14-20-18-10-5-3-8-16(18)17-9-4-6-11-19(17)20/h3-6,8-11,20-21H,7,12-15H2,1-2H3,(H2,25,26)(H,27,30)(H,28,29)/t21-/m1/s1. The van der Waals surface area contributed by atoms with Crippen LogP contribution in [0.4, 0.5) is 4.79 Å². The molecule has 0 spiro atoms. The van der Waals surface area contributed by atoms with E-state index in [1.165, 1.54) is 0 Å². The lowest BCUT2D eigenvalue weighted by Gasteiger charge is -2.17. The van der Waals surface area contributed by atoms with Gasteiger partial charge in [0, 0.05) is 18.6 Å². The molecule has 1 atom stereocenters. The smallest absolute Gasteiger partial charge is 0.407 e. The summed E-state index contributed by atoms with van der Waals surface area (Å²) in [5, 5.41) is 11.9. The Labute approximate surface area is 189 Å². The highest BCUT2D eigenvalue weighted by molar-refractivity contribution is 7.57. The summed E-state index contributed by atoms with van der Waals surface area (Å²) in [5.41, 5.74) is 10.3. The second-order valence-corrected chi connectivity index (χ2v) is 10.6. The number of alkyl carbamates (subject to hydrolysis) is 1. The lowest BCUT2D eigenvalue weighted by molar-refractivity contribution is -0.139. The summed E-state index contributed by atoms with van der Waals surface area (Å²) in [6.07, 6.45) is 0.802. The monoisotopic (exact) mass is 455 g/mol. The molecule has 3 rings (SSSR count). The van der Waals surface area contributed by atoms with Crippen LogP contribution in [0.3, 0.4) is 0 Å². The second kappa shape index (κ2) is 11.1. The highest BCUT2D eigenvalue weighted by Crippen LogP contribution is 2.44. The van der Waals surface area contributed by atoms with E-state index >= 15 is 0 Å². The molecule has 2 aromatic carbocycles. The Morgan fingerprint density at radius 2 is 1.72 bits per heavy atom. The number of hydrogen-bond acceptors (Lipinski definition) is 4. The van der Waals surface area contributed by atoms with Gasteiger partial charge in [-0.2, -0.15) is 0 Å². The van der Waals surface area contributed by atoms with Crippen LogP contribution < -0.4 is 11.1 Å². The van der Waals surface area contributed by atoms with Crippen LogP contribution in [0.2, 0.25) is 0 Å². The Bertz CT molecular complexity index is 947. The van der Waals surface area contributed by atoms with Gasteiger partial charge in [-0.25, -0.2) is 9.59 Å². The highest BCUT2D eigenvalue weighted by Gasteiger charge is 2.29. The van der Waals surface area contributed by atoms with E-state index in [-0.39, 0.29) is 26.9 Å². The van der Waals surface area contributed by atoms with Gasteiger partial charge in [0.2, 0.25) is 0 Å². The summed E-state index contributed by atoms with van der Waals surface area (Å²) < 4.78 is 5.45. The van der Waals surface area contributed by atoms with Crippen molar-refractivity contribution >= 4 is 25.8 Å². The molecule has 1 aliphatic rings. The molecule has 32 heavy (non-hydrogen) atoms. The van der Waals surface area contributed by atoms with Crippen LogP contribution in [-0.2, 0) is 9.53 Å². The van der Waals surface area contributed by atoms with Crippen LogP contribution in [0.25, 0.3) is 11.1 Å². The van der Waals surface area contributed by atoms with Gasteiger partial charge >= 0.3 is 12.1 Å². The lowest BCUT2D eigenvalue weighted by atomic mass is 9.98. The molecule has 1 amide bonds. The van der Waals surface area contributed by atoms with Crippen LogP contribution in [0.5, 0.6) is 0 Å². The summed E-state index contributed by atoms with van der Waals surface area (Å²) >= 11 is 0. The molecule has 0 aromatic heterocycles. The second-order valence-electron chi connectivity index (χ2n) is 8.11. The number of aliphatic imine (C=N–C) groups is 1. The molecular formula is C24H30N3O4P. The Balaban J connectivity index is 1.53.